The second-order valence-electron chi connectivity index (χ2n) is 2.59. The molecule has 0 fully saturated rings. The molecule has 82 valence electrons. The molecule has 0 saturated carbocycles. The Morgan fingerprint density at radius 2 is 1.81 bits per heavy atom. The van der Waals surface area contributed by atoms with Gasteiger partial charge in [-0.15, -0.1) is 0 Å². The molecular weight excluding hydrogens is 266 g/mol. The first-order valence-electron chi connectivity index (χ1n) is 3.94. The molecule has 0 aliphatic heterocycles. The van der Waals surface area contributed by atoms with Crippen LogP contribution in [0.2, 0.25) is 10.0 Å². The number of carboxylic acid groups (broad SMARTS) is 1. The molecule has 0 aliphatic carbocycles. The Hall–Kier alpha value is 0.0300. The van der Waals surface area contributed by atoms with Gasteiger partial charge in [0.15, 0.2) is 6.79 Å². The molecule has 0 saturated heterocycles. The molecule has 7 heteroatoms. The average molecular weight is 273 g/mol. The van der Waals surface area contributed by atoms with Crippen LogP contribution in [0.25, 0.3) is 0 Å². The summed E-state index contributed by atoms with van der Waals surface area (Å²) in [6.07, 6.45) is 0. The molecule has 0 unspecified atom stereocenters. The molecule has 0 aliphatic rings. The zero-order chi connectivity index (χ0) is 11.3. The summed E-state index contributed by atoms with van der Waals surface area (Å²) < 4.78 is 9.64. The van der Waals surface area contributed by atoms with Crippen molar-refractivity contribution in [1.29, 1.82) is 0 Å². The number of benzene rings is 1. The van der Waals surface area contributed by atoms with Crippen molar-refractivity contribution in [3.63, 3.8) is 0 Å². The second kappa shape index (κ2) is 8.17. The molecule has 0 aromatic heterocycles. The van der Waals surface area contributed by atoms with Crippen LogP contribution in [0.15, 0.2) is 18.2 Å². The first-order chi connectivity index (χ1) is 7.08. The van der Waals surface area contributed by atoms with Crippen LogP contribution >= 0.6 is 23.2 Å². The molecule has 0 bridgehead atoms. The fourth-order valence-corrected chi connectivity index (χ4v) is 1.35. The van der Waals surface area contributed by atoms with E-state index in [0.29, 0.717) is 15.8 Å². The van der Waals surface area contributed by atoms with E-state index in [4.69, 9.17) is 27.9 Å². The number of ether oxygens (including phenoxy) is 2. The van der Waals surface area contributed by atoms with Gasteiger partial charge < -0.3 is 19.4 Å². The van der Waals surface area contributed by atoms with E-state index >= 15 is 0 Å². The molecule has 0 spiro atoms. The summed E-state index contributed by atoms with van der Waals surface area (Å²) in [5, 5.41) is 10.8. The van der Waals surface area contributed by atoms with Crippen LogP contribution in [-0.2, 0) is 9.53 Å². The maximum atomic E-state index is 9.98. The zero-order valence-corrected chi connectivity index (χ0v) is 12.0. The monoisotopic (exact) mass is 272 g/mol. The van der Waals surface area contributed by atoms with Gasteiger partial charge >= 0.3 is 29.6 Å². The average Bonchev–Trinajstić information content (AvgIpc) is 2.10. The maximum Gasteiger partial charge on any atom is 1.00 e. The molecule has 0 atom stereocenters. The van der Waals surface area contributed by atoms with Gasteiger partial charge in [0.25, 0.3) is 0 Å². The first kappa shape index (κ1) is 16.0. The van der Waals surface area contributed by atoms with Gasteiger partial charge in [-0.2, -0.15) is 0 Å². The molecular formula is C9H7Cl2NaO4. The number of halogens is 2. The quantitative estimate of drug-likeness (QED) is 0.357. The Morgan fingerprint density at radius 3 is 2.31 bits per heavy atom. The SMILES string of the molecule is O=C([O-])COCOc1cc(Cl)cc(Cl)c1.[Na+]. The summed E-state index contributed by atoms with van der Waals surface area (Å²) in [5.74, 6) is -0.895. The number of hydrogen-bond donors (Lipinski definition) is 0. The van der Waals surface area contributed by atoms with Crippen LogP contribution in [0, 0.1) is 0 Å². The van der Waals surface area contributed by atoms with Crippen molar-refractivity contribution in [1.82, 2.24) is 0 Å². The molecule has 16 heavy (non-hydrogen) atoms. The Kier molecular flexibility index (Phi) is 8.18. The second-order valence-corrected chi connectivity index (χ2v) is 3.46. The van der Waals surface area contributed by atoms with E-state index < -0.39 is 12.6 Å². The number of aliphatic carboxylic acids is 1. The third-order valence-electron chi connectivity index (χ3n) is 1.36. The fourth-order valence-electron chi connectivity index (χ4n) is 0.847. The molecule has 1 aromatic carbocycles. The third-order valence-corrected chi connectivity index (χ3v) is 1.80. The van der Waals surface area contributed by atoms with Crippen molar-refractivity contribution in [2.45, 2.75) is 0 Å². The van der Waals surface area contributed by atoms with Gasteiger partial charge in [0.2, 0.25) is 0 Å². The van der Waals surface area contributed by atoms with Crippen molar-refractivity contribution in [3.8, 4) is 5.75 Å². The van der Waals surface area contributed by atoms with E-state index in [0.717, 1.165) is 0 Å². The van der Waals surface area contributed by atoms with Crippen molar-refractivity contribution >= 4 is 29.2 Å². The number of carbonyl (C=O) groups excluding carboxylic acids is 1. The Balaban J connectivity index is 0.00000225. The van der Waals surface area contributed by atoms with E-state index in [2.05, 4.69) is 4.74 Å². The van der Waals surface area contributed by atoms with E-state index in [1.54, 1.807) is 6.07 Å². The third kappa shape index (κ3) is 6.58. The summed E-state index contributed by atoms with van der Waals surface area (Å²) in [7, 11) is 0. The molecule has 0 heterocycles. The van der Waals surface area contributed by atoms with Crippen molar-refractivity contribution in [2.75, 3.05) is 13.4 Å². The molecule has 0 amide bonds. The summed E-state index contributed by atoms with van der Waals surface area (Å²) in [6, 6.07) is 4.63. The van der Waals surface area contributed by atoms with Gasteiger partial charge in [-0.1, -0.05) is 23.2 Å². The summed E-state index contributed by atoms with van der Waals surface area (Å²) in [4.78, 5) is 9.98. The van der Waals surface area contributed by atoms with Crippen LogP contribution in [0.4, 0.5) is 0 Å². The normalized spacial score (nSPS) is 9.38. The molecule has 4 nitrogen and oxygen atoms in total. The van der Waals surface area contributed by atoms with Gasteiger partial charge in [0, 0.05) is 10.0 Å². The van der Waals surface area contributed by atoms with E-state index in [1.807, 2.05) is 0 Å². The minimum Gasteiger partial charge on any atom is -0.548 e. The van der Waals surface area contributed by atoms with Crippen LogP contribution in [0.3, 0.4) is 0 Å². The molecule has 1 rings (SSSR count). The number of carbonyl (C=O) groups is 1. The zero-order valence-electron chi connectivity index (χ0n) is 8.54. The minimum absolute atomic E-state index is 0. The number of rotatable bonds is 5. The first-order valence-corrected chi connectivity index (χ1v) is 4.70. The number of hydrogen-bond acceptors (Lipinski definition) is 4. The Bertz CT molecular complexity index is 339. The van der Waals surface area contributed by atoms with Gasteiger partial charge in [0.05, 0.1) is 12.6 Å². The van der Waals surface area contributed by atoms with Crippen LogP contribution in [0.5, 0.6) is 5.75 Å². The van der Waals surface area contributed by atoms with E-state index in [1.165, 1.54) is 12.1 Å². The summed E-state index contributed by atoms with van der Waals surface area (Å²) in [5.41, 5.74) is 0. The van der Waals surface area contributed by atoms with E-state index in [-0.39, 0.29) is 36.4 Å². The molecule has 0 radical (unpaired) electrons. The van der Waals surface area contributed by atoms with Crippen LogP contribution in [0.1, 0.15) is 0 Å². The van der Waals surface area contributed by atoms with Crippen molar-refractivity contribution in [3.05, 3.63) is 28.2 Å². The number of carboxylic acids is 1. The maximum absolute atomic E-state index is 9.98. The fraction of sp³-hybridized carbons (Fsp3) is 0.222. The largest absolute Gasteiger partial charge is 1.00 e. The summed E-state index contributed by atoms with van der Waals surface area (Å²) in [6.45, 7) is -0.723. The topological polar surface area (TPSA) is 58.6 Å². The minimum atomic E-state index is -1.30. The van der Waals surface area contributed by atoms with Crippen molar-refractivity contribution < 1.29 is 48.9 Å². The predicted molar refractivity (Wildman–Crippen MR) is 52.9 cm³/mol. The smallest absolute Gasteiger partial charge is 0.548 e. The standard InChI is InChI=1S/C9H8Cl2O4.Na/c10-6-1-7(11)3-8(2-6)15-5-14-4-9(12)13;/h1-3H,4-5H2,(H,12,13);/q;+1/p-1. The van der Waals surface area contributed by atoms with Crippen molar-refractivity contribution in [2.24, 2.45) is 0 Å². The van der Waals surface area contributed by atoms with Gasteiger partial charge in [-0.05, 0) is 18.2 Å². The summed E-state index contributed by atoms with van der Waals surface area (Å²) >= 11 is 11.4. The Morgan fingerprint density at radius 1 is 1.25 bits per heavy atom. The molecule has 0 N–H and O–H groups in total. The van der Waals surface area contributed by atoms with Gasteiger partial charge in [0.1, 0.15) is 5.75 Å². The van der Waals surface area contributed by atoms with Gasteiger partial charge in [-0.25, -0.2) is 0 Å². The van der Waals surface area contributed by atoms with Crippen LogP contribution < -0.4 is 39.4 Å². The Labute approximate surface area is 125 Å². The van der Waals surface area contributed by atoms with Gasteiger partial charge in [-0.3, -0.25) is 0 Å². The van der Waals surface area contributed by atoms with Crippen LogP contribution in [-0.4, -0.2) is 19.4 Å². The predicted octanol–water partition coefficient (Wildman–Crippen LogP) is -1.90. The molecule has 1 aromatic rings. The van der Waals surface area contributed by atoms with E-state index in [9.17, 15) is 9.90 Å².